The van der Waals surface area contributed by atoms with Crippen LogP contribution < -0.4 is 5.32 Å². The Hall–Kier alpha value is -1.62. The van der Waals surface area contributed by atoms with Gasteiger partial charge in [-0.2, -0.15) is 10.2 Å². The van der Waals surface area contributed by atoms with E-state index in [4.69, 9.17) is 0 Å². The fourth-order valence-corrected chi connectivity index (χ4v) is 2.18. The molecule has 19 heavy (non-hydrogen) atoms. The lowest BCUT2D eigenvalue weighted by atomic mass is 9.89. The number of nitrogens with zero attached hydrogens (tertiary/aromatic N) is 3. The lowest BCUT2D eigenvalue weighted by molar-refractivity contribution is 0.531. The molecule has 5 nitrogen and oxygen atoms in total. The van der Waals surface area contributed by atoms with E-state index in [1.165, 1.54) is 11.1 Å². The third kappa shape index (κ3) is 3.23. The van der Waals surface area contributed by atoms with Crippen molar-refractivity contribution in [3.8, 4) is 0 Å². The summed E-state index contributed by atoms with van der Waals surface area (Å²) >= 11 is 0. The number of aromatic nitrogens is 4. The molecular weight excluding hydrogens is 238 g/mol. The Morgan fingerprint density at radius 2 is 2.16 bits per heavy atom. The van der Waals surface area contributed by atoms with Crippen LogP contribution in [0.1, 0.15) is 50.6 Å². The maximum atomic E-state index is 4.58. The molecule has 0 fully saturated rings. The first kappa shape index (κ1) is 13.8. The second-order valence-electron chi connectivity index (χ2n) is 6.06. The predicted octanol–water partition coefficient (Wildman–Crippen LogP) is 2.29. The highest BCUT2D eigenvalue weighted by Gasteiger charge is 2.21. The van der Waals surface area contributed by atoms with Crippen molar-refractivity contribution in [3.05, 3.63) is 35.4 Å². The summed E-state index contributed by atoms with van der Waals surface area (Å²) in [7, 11) is 1.97. The molecule has 0 saturated carbocycles. The summed E-state index contributed by atoms with van der Waals surface area (Å²) in [5.41, 5.74) is 3.64. The summed E-state index contributed by atoms with van der Waals surface area (Å²) < 4.78 is 1.89. The van der Waals surface area contributed by atoms with E-state index in [1.54, 1.807) is 0 Å². The molecule has 1 atom stereocenters. The van der Waals surface area contributed by atoms with Gasteiger partial charge in [0.15, 0.2) is 0 Å². The van der Waals surface area contributed by atoms with Gasteiger partial charge in [0.05, 0.1) is 11.9 Å². The second-order valence-corrected chi connectivity index (χ2v) is 6.06. The summed E-state index contributed by atoms with van der Waals surface area (Å²) in [6.07, 6.45) is 5.87. The van der Waals surface area contributed by atoms with Crippen LogP contribution in [-0.4, -0.2) is 20.0 Å². The third-order valence-electron chi connectivity index (χ3n) is 3.23. The molecule has 104 valence electrons. The molecule has 0 saturated heterocycles. The van der Waals surface area contributed by atoms with E-state index in [-0.39, 0.29) is 11.5 Å². The smallest absolute Gasteiger partial charge is 0.0722 e. The fraction of sp³-hybridized carbons (Fsp3) is 0.571. The third-order valence-corrected chi connectivity index (χ3v) is 3.23. The molecule has 0 bridgehead atoms. The number of hydrogen-bond acceptors (Lipinski definition) is 3. The molecule has 2 rings (SSSR count). The van der Waals surface area contributed by atoms with Gasteiger partial charge in [-0.1, -0.05) is 20.8 Å². The summed E-state index contributed by atoms with van der Waals surface area (Å²) in [4.78, 5) is 0. The Labute approximate surface area is 114 Å². The minimum Gasteiger partial charge on any atom is -0.306 e. The molecule has 0 aliphatic carbocycles. The van der Waals surface area contributed by atoms with Gasteiger partial charge in [0.2, 0.25) is 0 Å². The van der Waals surface area contributed by atoms with Gasteiger partial charge in [0.1, 0.15) is 0 Å². The van der Waals surface area contributed by atoms with Gasteiger partial charge in [-0.05, 0) is 6.92 Å². The molecule has 0 spiro atoms. The molecule has 2 heterocycles. The van der Waals surface area contributed by atoms with E-state index in [2.05, 4.69) is 54.5 Å². The zero-order valence-electron chi connectivity index (χ0n) is 12.4. The zero-order chi connectivity index (χ0) is 14.0. The van der Waals surface area contributed by atoms with Crippen molar-refractivity contribution in [2.24, 2.45) is 7.05 Å². The summed E-state index contributed by atoms with van der Waals surface area (Å²) in [5, 5.41) is 14.9. The Morgan fingerprint density at radius 1 is 1.42 bits per heavy atom. The molecule has 0 aromatic carbocycles. The first-order valence-electron chi connectivity index (χ1n) is 6.63. The van der Waals surface area contributed by atoms with E-state index < -0.39 is 0 Å². The molecular formula is C14H23N5. The standard InChI is InChI=1S/C14H23N5/c1-10(11-7-16-17-8-11)15-6-12-9-19(5)18-13(12)14(2,3)4/h7-10,15H,6H2,1-5H3,(H,16,17). The predicted molar refractivity (Wildman–Crippen MR) is 75.8 cm³/mol. The van der Waals surface area contributed by atoms with Gasteiger partial charge in [0.25, 0.3) is 0 Å². The first-order chi connectivity index (χ1) is 8.88. The molecule has 0 amide bonds. The van der Waals surface area contributed by atoms with E-state index in [1.807, 2.05) is 24.1 Å². The van der Waals surface area contributed by atoms with E-state index in [0.717, 1.165) is 12.2 Å². The van der Waals surface area contributed by atoms with Crippen LogP contribution in [-0.2, 0) is 19.0 Å². The lowest BCUT2D eigenvalue weighted by Crippen LogP contribution is -2.21. The van der Waals surface area contributed by atoms with Gasteiger partial charge in [-0.3, -0.25) is 9.78 Å². The Bertz CT molecular complexity index is 519. The van der Waals surface area contributed by atoms with Crippen LogP contribution in [0.25, 0.3) is 0 Å². The molecule has 2 N–H and O–H groups in total. The summed E-state index contributed by atoms with van der Waals surface area (Å²) in [6, 6.07) is 0.270. The van der Waals surface area contributed by atoms with E-state index >= 15 is 0 Å². The van der Waals surface area contributed by atoms with Crippen molar-refractivity contribution in [1.82, 2.24) is 25.3 Å². The minimum absolute atomic E-state index is 0.0666. The Morgan fingerprint density at radius 3 is 2.74 bits per heavy atom. The van der Waals surface area contributed by atoms with Gasteiger partial charge >= 0.3 is 0 Å². The van der Waals surface area contributed by atoms with Crippen LogP contribution >= 0.6 is 0 Å². The highest BCUT2D eigenvalue weighted by atomic mass is 15.3. The Kier molecular flexibility index (Phi) is 3.75. The van der Waals surface area contributed by atoms with Crippen molar-refractivity contribution in [1.29, 1.82) is 0 Å². The van der Waals surface area contributed by atoms with Crippen molar-refractivity contribution in [2.45, 2.75) is 45.7 Å². The highest BCUT2D eigenvalue weighted by Crippen LogP contribution is 2.24. The normalized spacial score (nSPS) is 13.7. The number of aryl methyl sites for hydroxylation is 1. The largest absolute Gasteiger partial charge is 0.306 e. The number of rotatable bonds is 4. The average molecular weight is 261 g/mol. The number of nitrogens with one attached hydrogen (secondary N) is 2. The average Bonchev–Trinajstić information content (AvgIpc) is 2.93. The first-order valence-corrected chi connectivity index (χ1v) is 6.63. The van der Waals surface area contributed by atoms with Crippen molar-refractivity contribution in [3.63, 3.8) is 0 Å². The SMILES string of the molecule is CC(NCc1cn(C)nc1C(C)(C)C)c1cn[nH]c1. The lowest BCUT2D eigenvalue weighted by Gasteiger charge is -2.18. The Balaban J connectivity index is 2.08. The topological polar surface area (TPSA) is 58.5 Å². The molecule has 1 unspecified atom stereocenters. The van der Waals surface area contributed by atoms with Crippen LogP contribution in [0.2, 0.25) is 0 Å². The number of aromatic amines is 1. The maximum absolute atomic E-state index is 4.58. The monoisotopic (exact) mass is 261 g/mol. The fourth-order valence-electron chi connectivity index (χ4n) is 2.18. The zero-order valence-corrected chi connectivity index (χ0v) is 12.4. The van der Waals surface area contributed by atoms with Crippen LogP contribution in [0.15, 0.2) is 18.6 Å². The molecule has 0 radical (unpaired) electrons. The molecule has 0 aliphatic rings. The van der Waals surface area contributed by atoms with Crippen molar-refractivity contribution < 1.29 is 0 Å². The number of H-pyrrole nitrogens is 1. The quantitative estimate of drug-likeness (QED) is 0.887. The van der Waals surface area contributed by atoms with Crippen LogP contribution in [0.3, 0.4) is 0 Å². The van der Waals surface area contributed by atoms with E-state index in [0.29, 0.717) is 0 Å². The van der Waals surface area contributed by atoms with Gasteiger partial charge in [0, 0.05) is 48.6 Å². The van der Waals surface area contributed by atoms with Crippen LogP contribution in [0.5, 0.6) is 0 Å². The molecule has 2 aromatic heterocycles. The van der Waals surface area contributed by atoms with Gasteiger partial charge in [-0.15, -0.1) is 0 Å². The highest BCUT2D eigenvalue weighted by molar-refractivity contribution is 5.24. The second kappa shape index (κ2) is 5.17. The maximum Gasteiger partial charge on any atom is 0.0722 e. The van der Waals surface area contributed by atoms with Gasteiger partial charge < -0.3 is 5.32 Å². The van der Waals surface area contributed by atoms with Crippen molar-refractivity contribution >= 4 is 0 Å². The summed E-state index contributed by atoms with van der Waals surface area (Å²) in [5.74, 6) is 0. The molecule has 2 aromatic rings. The molecule has 5 heteroatoms. The van der Waals surface area contributed by atoms with Gasteiger partial charge in [-0.25, -0.2) is 0 Å². The van der Waals surface area contributed by atoms with Crippen LogP contribution in [0, 0.1) is 0 Å². The molecule has 0 aliphatic heterocycles. The summed E-state index contributed by atoms with van der Waals surface area (Å²) in [6.45, 7) is 9.53. The van der Waals surface area contributed by atoms with Crippen molar-refractivity contribution in [2.75, 3.05) is 0 Å². The van der Waals surface area contributed by atoms with Crippen LogP contribution in [0.4, 0.5) is 0 Å². The van der Waals surface area contributed by atoms with E-state index in [9.17, 15) is 0 Å². The minimum atomic E-state index is 0.0666. The number of hydrogen-bond donors (Lipinski definition) is 2.